The van der Waals surface area contributed by atoms with E-state index in [0.717, 1.165) is 5.75 Å². The van der Waals surface area contributed by atoms with Gasteiger partial charge < -0.3 is 18.9 Å². The second-order valence-electron chi connectivity index (χ2n) is 4.83. The summed E-state index contributed by atoms with van der Waals surface area (Å²) in [5, 5.41) is 0. The van der Waals surface area contributed by atoms with E-state index in [4.69, 9.17) is 9.47 Å². The number of rotatable bonds is 6. The number of benzene rings is 2. The maximum absolute atomic E-state index is 11.8. The van der Waals surface area contributed by atoms with Crippen molar-refractivity contribution >= 4 is 11.9 Å². The van der Waals surface area contributed by atoms with E-state index in [0.29, 0.717) is 17.1 Å². The second kappa shape index (κ2) is 8.01. The normalized spacial score (nSPS) is 10.2. The van der Waals surface area contributed by atoms with Crippen LogP contribution in [-0.2, 0) is 19.1 Å². The van der Waals surface area contributed by atoms with Gasteiger partial charge in [0.15, 0.2) is 5.92 Å². The van der Waals surface area contributed by atoms with E-state index in [9.17, 15) is 9.59 Å². The van der Waals surface area contributed by atoms with Crippen LogP contribution in [0.2, 0.25) is 0 Å². The van der Waals surface area contributed by atoms with Crippen molar-refractivity contribution in [1.29, 1.82) is 0 Å². The van der Waals surface area contributed by atoms with Crippen LogP contribution in [0.1, 0.15) is 11.5 Å². The summed E-state index contributed by atoms with van der Waals surface area (Å²) in [5.74, 6) is -0.526. The van der Waals surface area contributed by atoms with E-state index >= 15 is 0 Å². The molecule has 0 N–H and O–H groups in total. The molecule has 2 aromatic rings. The molecule has 0 unspecified atom stereocenters. The van der Waals surface area contributed by atoms with Gasteiger partial charge in [-0.2, -0.15) is 0 Å². The lowest BCUT2D eigenvalue weighted by Gasteiger charge is -2.13. The molecule has 0 heterocycles. The third-order valence-electron chi connectivity index (χ3n) is 3.38. The van der Waals surface area contributed by atoms with Gasteiger partial charge in [0.05, 0.1) is 21.3 Å². The zero-order valence-corrected chi connectivity index (χ0v) is 13.6. The van der Waals surface area contributed by atoms with Crippen LogP contribution in [0.5, 0.6) is 17.2 Å². The topological polar surface area (TPSA) is 71.1 Å². The molecule has 0 aliphatic heterocycles. The zero-order valence-electron chi connectivity index (χ0n) is 13.6. The molecule has 0 fully saturated rings. The molecule has 2 aromatic carbocycles. The SMILES string of the molecule is COC(=O)C(C(=O)OC)c1ccc(Oc2ccc(OC)cc2)cc1. The smallest absolute Gasteiger partial charge is 0.324 e. The molecule has 0 aliphatic rings. The van der Waals surface area contributed by atoms with E-state index in [-0.39, 0.29) is 0 Å². The van der Waals surface area contributed by atoms with Crippen molar-refractivity contribution in [2.24, 2.45) is 0 Å². The predicted molar refractivity (Wildman–Crippen MR) is 86.3 cm³/mol. The van der Waals surface area contributed by atoms with Crippen LogP contribution in [0, 0.1) is 0 Å². The summed E-state index contributed by atoms with van der Waals surface area (Å²) in [6.07, 6.45) is 0. The van der Waals surface area contributed by atoms with Crippen molar-refractivity contribution < 1.29 is 28.5 Å². The third-order valence-corrected chi connectivity index (χ3v) is 3.38. The van der Waals surface area contributed by atoms with E-state index in [1.54, 1.807) is 55.6 Å². The lowest BCUT2D eigenvalue weighted by atomic mass is 9.99. The van der Waals surface area contributed by atoms with Gasteiger partial charge in [0, 0.05) is 0 Å². The van der Waals surface area contributed by atoms with Crippen LogP contribution in [0.4, 0.5) is 0 Å². The number of methoxy groups -OCH3 is 3. The fraction of sp³-hybridized carbons (Fsp3) is 0.222. The second-order valence-corrected chi connectivity index (χ2v) is 4.83. The highest BCUT2D eigenvalue weighted by molar-refractivity contribution is 6.00. The Morgan fingerprint density at radius 2 is 1.12 bits per heavy atom. The first kappa shape index (κ1) is 17.3. The molecule has 6 heteroatoms. The van der Waals surface area contributed by atoms with Gasteiger partial charge in [-0.3, -0.25) is 9.59 Å². The summed E-state index contributed by atoms with van der Waals surface area (Å²) in [5.41, 5.74) is 0.468. The Kier molecular flexibility index (Phi) is 5.78. The molecular weight excluding hydrogens is 312 g/mol. The van der Waals surface area contributed by atoms with Crippen LogP contribution >= 0.6 is 0 Å². The minimum Gasteiger partial charge on any atom is -0.497 e. The lowest BCUT2D eigenvalue weighted by Crippen LogP contribution is -2.24. The Balaban J connectivity index is 2.16. The highest BCUT2D eigenvalue weighted by Crippen LogP contribution is 2.26. The molecular formula is C18H18O6. The zero-order chi connectivity index (χ0) is 17.5. The van der Waals surface area contributed by atoms with Gasteiger partial charge in [-0.25, -0.2) is 0 Å². The molecule has 0 atom stereocenters. The first-order valence-corrected chi connectivity index (χ1v) is 7.16. The maximum atomic E-state index is 11.8. The number of hydrogen-bond donors (Lipinski definition) is 0. The van der Waals surface area contributed by atoms with Crippen LogP contribution < -0.4 is 9.47 Å². The van der Waals surface area contributed by atoms with Gasteiger partial charge in [-0.05, 0) is 42.0 Å². The molecule has 0 spiro atoms. The van der Waals surface area contributed by atoms with Crippen LogP contribution in [0.15, 0.2) is 48.5 Å². The molecule has 0 aromatic heterocycles. The highest BCUT2D eigenvalue weighted by atomic mass is 16.5. The Labute approximate surface area is 139 Å². The summed E-state index contributed by atoms with van der Waals surface area (Å²) in [6, 6.07) is 13.7. The van der Waals surface area contributed by atoms with Gasteiger partial charge >= 0.3 is 11.9 Å². The molecule has 2 rings (SSSR count). The standard InChI is InChI=1S/C18H18O6/c1-21-13-8-10-15(11-9-13)24-14-6-4-12(5-7-14)16(17(19)22-2)18(20)23-3/h4-11,16H,1-3H3. The van der Waals surface area contributed by atoms with Crippen molar-refractivity contribution in [2.75, 3.05) is 21.3 Å². The molecule has 0 amide bonds. The minimum atomic E-state index is -1.12. The summed E-state index contributed by atoms with van der Waals surface area (Å²) in [6.45, 7) is 0. The van der Waals surface area contributed by atoms with E-state index in [1.165, 1.54) is 14.2 Å². The summed E-state index contributed by atoms with van der Waals surface area (Å²) >= 11 is 0. The van der Waals surface area contributed by atoms with Crippen LogP contribution in [0.3, 0.4) is 0 Å². The average Bonchev–Trinajstić information content (AvgIpc) is 2.63. The molecule has 6 nitrogen and oxygen atoms in total. The fourth-order valence-corrected chi connectivity index (χ4v) is 2.11. The summed E-state index contributed by atoms with van der Waals surface area (Å²) in [4.78, 5) is 23.6. The summed E-state index contributed by atoms with van der Waals surface area (Å²) < 4.78 is 20.1. The van der Waals surface area contributed by atoms with E-state index in [2.05, 4.69) is 9.47 Å². The van der Waals surface area contributed by atoms with Crippen molar-refractivity contribution in [2.45, 2.75) is 5.92 Å². The Bertz CT molecular complexity index is 674. The van der Waals surface area contributed by atoms with Crippen LogP contribution in [-0.4, -0.2) is 33.3 Å². The quantitative estimate of drug-likeness (QED) is 0.599. The number of esters is 2. The minimum absolute atomic E-state index is 0.468. The molecule has 0 saturated carbocycles. The monoisotopic (exact) mass is 330 g/mol. The van der Waals surface area contributed by atoms with E-state index < -0.39 is 17.9 Å². The lowest BCUT2D eigenvalue weighted by molar-refractivity contribution is -0.154. The maximum Gasteiger partial charge on any atom is 0.324 e. The number of hydrogen-bond acceptors (Lipinski definition) is 6. The Morgan fingerprint density at radius 3 is 1.54 bits per heavy atom. The molecule has 0 saturated heterocycles. The van der Waals surface area contributed by atoms with Gasteiger partial charge in [-0.15, -0.1) is 0 Å². The molecule has 0 radical (unpaired) electrons. The molecule has 24 heavy (non-hydrogen) atoms. The van der Waals surface area contributed by atoms with Crippen molar-refractivity contribution in [3.05, 3.63) is 54.1 Å². The highest BCUT2D eigenvalue weighted by Gasteiger charge is 2.30. The van der Waals surface area contributed by atoms with Crippen LogP contribution in [0.25, 0.3) is 0 Å². The molecule has 0 aliphatic carbocycles. The first-order valence-electron chi connectivity index (χ1n) is 7.16. The van der Waals surface area contributed by atoms with Gasteiger partial charge in [0.25, 0.3) is 0 Å². The molecule has 0 bridgehead atoms. The van der Waals surface area contributed by atoms with Gasteiger partial charge in [0.1, 0.15) is 17.2 Å². The van der Waals surface area contributed by atoms with Crippen molar-refractivity contribution in [3.63, 3.8) is 0 Å². The number of ether oxygens (including phenoxy) is 4. The summed E-state index contributed by atoms with van der Waals surface area (Å²) in [7, 11) is 4.03. The third kappa shape index (κ3) is 4.04. The van der Waals surface area contributed by atoms with Crippen molar-refractivity contribution in [3.8, 4) is 17.2 Å². The molecule has 126 valence electrons. The largest absolute Gasteiger partial charge is 0.497 e. The van der Waals surface area contributed by atoms with Crippen molar-refractivity contribution in [1.82, 2.24) is 0 Å². The predicted octanol–water partition coefficient (Wildman–Crippen LogP) is 2.92. The van der Waals surface area contributed by atoms with Gasteiger partial charge in [0.2, 0.25) is 0 Å². The fourth-order valence-electron chi connectivity index (χ4n) is 2.11. The Hall–Kier alpha value is -3.02. The first-order chi connectivity index (χ1) is 11.6. The Morgan fingerprint density at radius 1 is 0.708 bits per heavy atom. The average molecular weight is 330 g/mol. The van der Waals surface area contributed by atoms with Gasteiger partial charge in [-0.1, -0.05) is 12.1 Å². The number of carbonyl (C=O) groups excluding carboxylic acids is 2. The number of carbonyl (C=O) groups is 2. The van der Waals surface area contributed by atoms with E-state index in [1.807, 2.05) is 0 Å².